The molecule has 124 valence electrons. The van der Waals surface area contributed by atoms with Crippen LogP contribution in [0.4, 0.5) is 0 Å². The summed E-state index contributed by atoms with van der Waals surface area (Å²) in [4.78, 5) is 24.6. The van der Waals surface area contributed by atoms with Crippen molar-refractivity contribution in [3.05, 3.63) is 56.1 Å². The van der Waals surface area contributed by atoms with Crippen molar-refractivity contribution in [2.24, 2.45) is 0 Å². The van der Waals surface area contributed by atoms with Crippen LogP contribution in [0.2, 0.25) is 0 Å². The molecule has 2 N–H and O–H groups in total. The molecule has 0 fully saturated rings. The lowest BCUT2D eigenvalue weighted by atomic mass is 10.1. The highest BCUT2D eigenvalue weighted by molar-refractivity contribution is 7.09. The molecule has 1 unspecified atom stereocenters. The molecule has 1 heterocycles. The zero-order valence-electron chi connectivity index (χ0n) is 13.4. The summed E-state index contributed by atoms with van der Waals surface area (Å²) in [6.07, 6.45) is 0.144. The van der Waals surface area contributed by atoms with Crippen molar-refractivity contribution in [1.29, 1.82) is 0 Å². The number of rotatable bonds is 7. The van der Waals surface area contributed by atoms with E-state index in [2.05, 4.69) is 5.32 Å². The Balaban J connectivity index is 1.74. The highest BCUT2D eigenvalue weighted by atomic mass is 32.1. The lowest BCUT2D eigenvalue weighted by Crippen LogP contribution is -2.28. The highest BCUT2D eigenvalue weighted by Crippen LogP contribution is 2.15. The smallest absolute Gasteiger partial charge is 0.307 e. The van der Waals surface area contributed by atoms with Gasteiger partial charge < -0.3 is 15.0 Å². The third kappa shape index (κ3) is 4.77. The molecule has 0 aliphatic heterocycles. The molecule has 0 saturated heterocycles. The van der Waals surface area contributed by atoms with Crippen molar-refractivity contribution < 1.29 is 9.90 Å². The minimum Gasteiger partial charge on any atom is -0.388 e. The molecule has 0 radical (unpaired) electrons. The van der Waals surface area contributed by atoms with Crippen LogP contribution >= 0.6 is 11.3 Å². The zero-order valence-corrected chi connectivity index (χ0v) is 14.2. The van der Waals surface area contributed by atoms with Crippen molar-refractivity contribution in [2.45, 2.75) is 39.3 Å². The molecule has 0 saturated carbocycles. The van der Waals surface area contributed by atoms with E-state index in [4.69, 9.17) is 0 Å². The number of nitrogens with zero attached hydrogens (tertiary/aromatic N) is 1. The third-order valence-electron chi connectivity index (χ3n) is 3.86. The standard InChI is InChI=1S/C17H22N2O3S/c1-12-13(2)23-17(22)19(12)11-9-16(21)18-10-8-15(20)14-6-4-3-5-7-14/h3-7,15,20H,8-11H2,1-2H3,(H,18,21). The van der Waals surface area contributed by atoms with Gasteiger partial charge in [0.25, 0.3) is 0 Å². The monoisotopic (exact) mass is 334 g/mol. The fourth-order valence-corrected chi connectivity index (χ4v) is 3.20. The Kier molecular flexibility index (Phi) is 6.12. The number of amides is 1. The van der Waals surface area contributed by atoms with E-state index >= 15 is 0 Å². The van der Waals surface area contributed by atoms with Gasteiger partial charge in [-0.1, -0.05) is 41.7 Å². The Bertz CT molecular complexity index is 706. The van der Waals surface area contributed by atoms with Gasteiger partial charge in [0.15, 0.2) is 0 Å². The molecular weight excluding hydrogens is 312 g/mol. The number of carbonyl (C=O) groups is 1. The van der Waals surface area contributed by atoms with Gasteiger partial charge >= 0.3 is 4.87 Å². The largest absolute Gasteiger partial charge is 0.388 e. The number of aliphatic hydroxyl groups excluding tert-OH is 1. The first-order valence-corrected chi connectivity index (χ1v) is 8.47. The van der Waals surface area contributed by atoms with Crippen LogP contribution in [0.3, 0.4) is 0 Å². The van der Waals surface area contributed by atoms with Crippen LogP contribution in [0.25, 0.3) is 0 Å². The Hall–Kier alpha value is -1.92. The van der Waals surface area contributed by atoms with E-state index < -0.39 is 6.10 Å². The second kappa shape index (κ2) is 8.08. The van der Waals surface area contributed by atoms with Crippen molar-refractivity contribution in [2.75, 3.05) is 6.54 Å². The molecule has 0 spiro atoms. The highest BCUT2D eigenvalue weighted by Gasteiger charge is 2.10. The molecule has 2 rings (SSSR count). The second-order valence-electron chi connectivity index (χ2n) is 5.48. The van der Waals surface area contributed by atoms with Crippen molar-refractivity contribution in [3.63, 3.8) is 0 Å². The van der Waals surface area contributed by atoms with E-state index in [9.17, 15) is 14.7 Å². The van der Waals surface area contributed by atoms with E-state index in [0.717, 1.165) is 16.1 Å². The number of hydrogen-bond acceptors (Lipinski definition) is 4. The minimum absolute atomic E-state index is 0.0210. The minimum atomic E-state index is -0.583. The van der Waals surface area contributed by atoms with Gasteiger partial charge in [0, 0.05) is 30.1 Å². The maximum absolute atomic E-state index is 11.9. The molecule has 1 aromatic carbocycles. The van der Waals surface area contributed by atoms with Crippen LogP contribution in [0.5, 0.6) is 0 Å². The van der Waals surface area contributed by atoms with E-state index in [1.54, 1.807) is 4.57 Å². The van der Waals surface area contributed by atoms with Crippen molar-refractivity contribution >= 4 is 17.2 Å². The lowest BCUT2D eigenvalue weighted by molar-refractivity contribution is -0.121. The maximum Gasteiger partial charge on any atom is 0.307 e. The van der Waals surface area contributed by atoms with Gasteiger partial charge in [-0.3, -0.25) is 9.59 Å². The summed E-state index contributed by atoms with van der Waals surface area (Å²) >= 11 is 1.21. The predicted molar refractivity (Wildman–Crippen MR) is 91.7 cm³/mol. The van der Waals surface area contributed by atoms with Gasteiger partial charge in [-0.05, 0) is 25.8 Å². The van der Waals surface area contributed by atoms with E-state index in [1.807, 2.05) is 44.2 Å². The van der Waals surface area contributed by atoms with Crippen LogP contribution in [0, 0.1) is 13.8 Å². The number of thiazole rings is 1. The first-order valence-electron chi connectivity index (χ1n) is 7.65. The second-order valence-corrected chi connectivity index (χ2v) is 6.64. The fourth-order valence-electron chi connectivity index (χ4n) is 2.34. The van der Waals surface area contributed by atoms with Crippen LogP contribution in [-0.2, 0) is 11.3 Å². The Morgan fingerprint density at radius 3 is 2.61 bits per heavy atom. The number of aryl methyl sites for hydroxylation is 1. The number of benzene rings is 1. The topological polar surface area (TPSA) is 71.3 Å². The molecule has 6 heteroatoms. The number of aromatic nitrogens is 1. The molecule has 1 atom stereocenters. The quantitative estimate of drug-likeness (QED) is 0.815. The molecular formula is C17H22N2O3S. The first-order chi connectivity index (χ1) is 11.0. The van der Waals surface area contributed by atoms with Gasteiger partial charge in [-0.2, -0.15) is 0 Å². The summed E-state index contributed by atoms with van der Waals surface area (Å²) in [5.41, 5.74) is 1.77. The number of carbonyl (C=O) groups excluding carboxylic acids is 1. The summed E-state index contributed by atoms with van der Waals surface area (Å²) in [6.45, 7) is 4.60. The van der Waals surface area contributed by atoms with Gasteiger partial charge in [0.1, 0.15) is 0 Å². The fraction of sp³-hybridized carbons (Fsp3) is 0.412. The van der Waals surface area contributed by atoms with Crippen LogP contribution in [-0.4, -0.2) is 22.1 Å². The lowest BCUT2D eigenvalue weighted by Gasteiger charge is -2.12. The van der Waals surface area contributed by atoms with E-state index in [0.29, 0.717) is 19.5 Å². The summed E-state index contributed by atoms with van der Waals surface area (Å²) in [6, 6.07) is 9.37. The third-order valence-corrected chi connectivity index (χ3v) is 4.86. The molecule has 0 aliphatic carbocycles. The predicted octanol–water partition coefficient (Wildman–Crippen LogP) is 2.16. The average molecular weight is 334 g/mol. The molecule has 1 amide bonds. The molecule has 2 aromatic rings. The zero-order chi connectivity index (χ0) is 16.8. The SMILES string of the molecule is Cc1sc(=O)n(CCC(=O)NCCC(O)c2ccccc2)c1C. The normalized spacial score (nSPS) is 12.1. The van der Waals surface area contributed by atoms with E-state index in [-0.39, 0.29) is 17.2 Å². The summed E-state index contributed by atoms with van der Waals surface area (Å²) in [5.74, 6) is -0.111. The Labute approximate surface area is 139 Å². The summed E-state index contributed by atoms with van der Waals surface area (Å²) in [7, 11) is 0. The van der Waals surface area contributed by atoms with Crippen molar-refractivity contribution in [3.8, 4) is 0 Å². The average Bonchev–Trinajstić information content (AvgIpc) is 2.79. The van der Waals surface area contributed by atoms with Gasteiger partial charge in [0.05, 0.1) is 6.10 Å². The van der Waals surface area contributed by atoms with Gasteiger partial charge in [0.2, 0.25) is 5.91 Å². The Morgan fingerprint density at radius 2 is 2.00 bits per heavy atom. The van der Waals surface area contributed by atoms with Crippen molar-refractivity contribution in [1.82, 2.24) is 9.88 Å². The molecule has 23 heavy (non-hydrogen) atoms. The Morgan fingerprint density at radius 1 is 1.30 bits per heavy atom. The van der Waals surface area contributed by atoms with E-state index in [1.165, 1.54) is 11.3 Å². The van der Waals surface area contributed by atoms with Crippen LogP contribution < -0.4 is 10.2 Å². The molecule has 5 nitrogen and oxygen atoms in total. The van der Waals surface area contributed by atoms with Gasteiger partial charge in [-0.15, -0.1) is 0 Å². The molecule has 1 aromatic heterocycles. The number of hydrogen-bond donors (Lipinski definition) is 2. The first kappa shape index (κ1) is 17.4. The van der Waals surface area contributed by atoms with Gasteiger partial charge in [-0.25, -0.2) is 0 Å². The molecule has 0 aliphatic rings. The number of nitrogens with one attached hydrogen (secondary N) is 1. The van der Waals surface area contributed by atoms with Crippen LogP contribution in [0.1, 0.15) is 35.1 Å². The maximum atomic E-state index is 11.9. The summed E-state index contributed by atoms with van der Waals surface area (Å²) in [5, 5.41) is 12.8. The van der Waals surface area contributed by atoms with Crippen LogP contribution in [0.15, 0.2) is 35.1 Å². The molecule has 0 bridgehead atoms. The number of aliphatic hydroxyl groups is 1. The summed E-state index contributed by atoms with van der Waals surface area (Å²) < 4.78 is 1.64.